The van der Waals surface area contributed by atoms with Crippen molar-refractivity contribution in [1.82, 2.24) is 0 Å². The molecule has 0 fully saturated rings. The van der Waals surface area contributed by atoms with Crippen molar-refractivity contribution in [3.63, 3.8) is 0 Å². The van der Waals surface area contributed by atoms with Crippen molar-refractivity contribution >= 4 is 17.7 Å². The monoisotopic (exact) mass is 249 g/mol. The van der Waals surface area contributed by atoms with E-state index < -0.39 is 0 Å². The Hall–Kier alpha value is -1.44. The zero-order valence-electron chi connectivity index (χ0n) is 9.73. The number of hydrogen-bond acceptors (Lipinski definition) is 4. The fourth-order valence-electron chi connectivity index (χ4n) is 1.15. The number of carbonyl (C=O) groups is 1. The molecular weight excluding hydrogens is 234 g/mol. The van der Waals surface area contributed by atoms with Crippen molar-refractivity contribution in [2.24, 2.45) is 5.73 Å². The standard InChI is InChI=1S/C13H15NO2S/c1-16-13(15)10-17-9-12-6-4-11(5-7-12)3-2-8-14/h4-7H,8-10,14H2,1H3. The number of esters is 1. The van der Waals surface area contributed by atoms with Gasteiger partial charge in [-0.3, -0.25) is 4.79 Å². The third-order valence-electron chi connectivity index (χ3n) is 2.01. The Morgan fingerprint density at radius 1 is 1.41 bits per heavy atom. The van der Waals surface area contributed by atoms with Gasteiger partial charge >= 0.3 is 5.97 Å². The fraction of sp³-hybridized carbons (Fsp3) is 0.308. The fourth-order valence-corrected chi connectivity index (χ4v) is 1.96. The number of rotatable bonds is 4. The predicted molar refractivity (Wildman–Crippen MR) is 70.6 cm³/mol. The van der Waals surface area contributed by atoms with E-state index in [1.54, 1.807) is 0 Å². The number of benzene rings is 1. The van der Waals surface area contributed by atoms with Crippen LogP contribution in [0.1, 0.15) is 11.1 Å². The summed E-state index contributed by atoms with van der Waals surface area (Å²) in [5.74, 6) is 6.74. The van der Waals surface area contributed by atoms with Gasteiger partial charge in [-0.15, -0.1) is 11.8 Å². The van der Waals surface area contributed by atoms with Crippen LogP contribution in [0.3, 0.4) is 0 Å². The van der Waals surface area contributed by atoms with E-state index in [0.717, 1.165) is 16.9 Å². The molecule has 2 N–H and O–H groups in total. The molecule has 4 heteroatoms. The van der Waals surface area contributed by atoms with Gasteiger partial charge in [0.2, 0.25) is 0 Å². The van der Waals surface area contributed by atoms with Gasteiger partial charge in [0.25, 0.3) is 0 Å². The van der Waals surface area contributed by atoms with Gasteiger partial charge < -0.3 is 10.5 Å². The third-order valence-corrected chi connectivity index (χ3v) is 2.98. The number of methoxy groups -OCH3 is 1. The molecule has 0 saturated carbocycles. The quantitative estimate of drug-likeness (QED) is 0.647. The van der Waals surface area contributed by atoms with E-state index in [4.69, 9.17) is 5.73 Å². The lowest BCUT2D eigenvalue weighted by Crippen LogP contribution is -2.03. The van der Waals surface area contributed by atoms with Gasteiger partial charge in [0, 0.05) is 11.3 Å². The molecule has 0 unspecified atom stereocenters. The highest BCUT2D eigenvalue weighted by Crippen LogP contribution is 2.12. The number of carbonyl (C=O) groups excluding carboxylic acids is 1. The molecule has 0 heterocycles. The van der Waals surface area contributed by atoms with Crippen molar-refractivity contribution in [2.75, 3.05) is 19.4 Å². The number of ether oxygens (including phenoxy) is 1. The van der Waals surface area contributed by atoms with Gasteiger partial charge in [-0.1, -0.05) is 24.0 Å². The molecule has 0 aromatic heterocycles. The number of nitrogens with two attached hydrogens (primary N) is 1. The average Bonchev–Trinajstić information content (AvgIpc) is 2.37. The van der Waals surface area contributed by atoms with Gasteiger partial charge in [-0.05, 0) is 17.7 Å². The Morgan fingerprint density at radius 3 is 2.71 bits per heavy atom. The van der Waals surface area contributed by atoms with Crippen LogP contribution >= 0.6 is 11.8 Å². The molecule has 1 rings (SSSR count). The predicted octanol–water partition coefficient (Wildman–Crippen LogP) is 1.40. The van der Waals surface area contributed by atoms with Crippen molar-refractivity contribution in [3.05, 3.63) is 35.4 Å². The maximum Gasteiger partial charge on any atom is 0.315 e. The summed E-state index contributed by atoms with van der Waals surface area (Å²) in [5.41, 5.74) is 7.41. The van der Waals surface area contributed by atoms with Crippen molar-refractivity contribution in [2.45, 2.75) is 5.75 Å². The normalized spacial score (nSPS) is 9.29. The molecular formula is C13H15NO2S. The molecule has 1 aromatic rings. The second-order valence-electron chi connectivity index (χ2n) is 3.27. The first-order valence-electron chi connectivity index (χ1n) is 5.18. The van der Waals surface area contributed by atoms with E-state index in [1.165, 1.54) is 18.9 Å². The minimum atomic E-state index is -0.194. The van der Waals surface area contributed by atoms with Gasteiger partial charge in [0.05, 0.1) is 19.4 Å². The summed E-state index contributed by atoms with van der Waals surface area (Å²) in [7, 11) is 1.40. The van der Waals surface area contributed by atoms with Crippen LogP contribution in [0.5, 0.6) is 0 Å². The van der Waals surface area contributed by atoms with Crippen LogP contribution in [-0.4, -0.2) is 25.4 Å². The smallest absolute Gasteiger partial charge is 0.315 e. The number of thioether (sulfide) groups is 1. The molecule has 0 aliphatic carbocycles. The summed E-state index contributed by atoms with van der Waals surface area (Å²) < 4.78 is 4.56. The molecule has 3 nitrogen and oxygen atoms in total. The summed E-state index contributed by atoms with van der Waals surface area (Å²) in [6, 6.07) is 7.92. The molecule has 0 amide bonds. The molecule has 0 aliphatic rings. The van der Waals surface area contributed by atoms with Gasteiger partial charge in [0.1, 0.15) is 0 Å². The van der Waals surface area contributed by atoms with Crippen molar-refractivity contribution in [1.29, 1.82) is 0 Å². The minimum Gasteiger partial charge on any atom is -0.468 e. The first-order chi connectivity index (χ1) is 8.26. The van der Waals surface area contributed by atoms with Crippen LogP contribution in [0.25, 0.3) is 0 Å². The molecule has 0 radical (unpaired) electrons. The number of hydrogen-bond donors (Lipinski definition) is 1. The van der Waals surface area contributed by atoms with Crippen LogP contribution in [-0.2, 0) is 15.3 Å². The topological polar surface area (TPSA) is 52.3 Å². The maximum atomic E-state index is 10.9. The Labute approximate surface area is 106 Å². The third kappa shape index (κ3) is 5.43. The zero-order chi connectivity index (χ0) is 12.5. The van der Waals surface area contributed by atoms with Gasteiger partial charge in [-0.25, -0.2) is 0 Å². The molecule has 0 atom stereocenters. The van der Waals surface area contributed by atoms with Crippen LogP contribution < -0.4 is 5.73 Å². The highest BCUT2D eigenvalue weighted by molar-refractivity contribution is 7.99. The van der Waals surface area contributed by atoms with E-state index in [9.17, 15) is 4.79 Å². The van der Waals surface area contributed by atoms with Crippen LogP contribution in [0, 0.1) is 11.8 Å². The molecule has 0 aliphatic heterocycles. The first-order valence-corrected chi connectivity index (χ1v) is 6.34. The maximum absolute atomic E-state index is 10.9. The second kappa shape index (κ2) is 7.77. The van der Waals surface area contributed by atoms with E-state index in [2.05, 4.69) is 16.6 Å². The summed E-state index contributed by atoms with van der Waals surface area (Å²) in [5, 5.41) is 0. The van der Waals surface area contributed by atoms with Gasteiger partial charge in [0.15, 0.2) is 0 Å². The summed E-state index contributed by atoms with van der Waals surface area (Å²) in [4.78, 5) is 10.9. The second-order valence-corrected chi connectivity index (χ2v) is 4.26. The van der Waals surface area contributed by atoms with Crippen LogP contribution in [0.4, 0.5) is 0 Å². The lowest BCUT2D eigenvalue weighted by atomic mass is 10.1. The lowest BCUT2D eigenvalue weighted by Gasteiger charge is -2.01. The Bertz CT molecular complexity index is 417. The van der Waals surface area contributed by atoms with Crippen LogP contribution in [0.2, 0.25) is 0 Å². The molecule has 0 saturated heterocycles. The highest BCUT2D eigenvalue weighted by Gasteiger charge is 2.00. The SMILES string of the molecule is COC(=O)CSCc1ccc(C#CCN)cc1. The minimum absolute atomic E-state index is 0.194. The zero-order valence-corrected chi connectivity index (χ0v) is 10.5. The largest absolute Gasteiger partial charge is 0.468 e. The van der Waals surface area contributed by atoms with E-state index in [0.29, 0.717) is 12.3 Å². The molecule has 0 bridgehead atoms. The first kappa shape index (κ1) is 13.6. The lowest BCUT2D eigenvalue weighted by molar-refractivity contribution is -0.137. The highest BCUT2D eigenvalue weighted by atomic mass is 32.2. The van der Waals surface area contributed by atoms with Gasteiger partial charge in [-0.2, -0.15) is 0 Å². The Morgan fingerprint density at radius 2 is 2.12 bits per heavy atom. The van der Waals surface area contributed by atoms with E-state index >= 15 is 0 Å². The summed E-state index contributed by atoms with van der Waals surface area (Å²) >= 11 is 1.53. The van der Waals surface area contributed by atoms with E-state index in [-0.39, 0.29) is 5.97 Å². The molecule has 1 aromatic carbocycles. The average molecular weight is 249 g/mol. The molecule has 90 valence electrons. The molecule has 0 spiro atoms. The van der Waals surface area contributed by atoms with Crippen molar-refractivity contribution < 1.29 is 9.53 Å². The van der Waals surface area contributed by atoms with Crippen LogP contribution in [0.15, 0.2) is 24.3 Å². The Kier molecular flexibility index (Phi) is 6.23. The van der Waals surface area contributed by atoms with Crippen molar-refractivity contribution in [3.8, 4) is 11.8 Å². The summed E-state index contributed by atoms with van der Waals surface area (Å²) in [6.07, 6.45) is 0. The van der Waals surface area contributed by atoms with E-state index in [1.807, 2.05) is 24.3 Å². The Balaban J connectivity index is 2.43. The molecule has 17 heavy (non-hydrogen) atoms. The summed E-state index contributed by atoms with van der Waals surface area (Å²) in [6.45, 7) is 0.372.